The van der Waals surface area contributed by atoms with Crippen LogP contribution in [0.1, 0.15) is 4.88 Å². The fraction of sp³-hybridized carbons (Fsp3) is 0.200. The molecule has 0 aliphatic heterocycles. The number of aromatic nitrogens is 2. The lowest BCUT2D eigenvalue weighted by atomic mass is 10.4. The quantitative estimate of drug-likeness (QED) is 0.795. The standard InChI is InChI=1S/C10H12ClN5S/c1-13-8-4-9(16-10(12)15-8)14-5-6-2-3-7(11)17-6/h2-4H,5H2,1H3,(H4,12,13,14,15,16). The van der Waals surface area contributed by atoms with Gasteiger partial charge < -0.3 is 16.4 Å². The molecule has 2 aromatic heterocycles. The van der Waals surface area contributed by atoms with Gasteiger partial charge in [0.05, 0.1) is 10.9 Å². The first kappa shape index (κ1) is 11.9. The molecule has 0 amide bonds. The summed E-state index contributed by atoms with van der Waals surface area (Å²) < 4.78 is 0.778. The number of nitrogens with one attached hydrogen (secondary N) is 2. The largest absolute Gasteiger partial charge is 0.373 e. The first-order valence-electron chi connectivity index (χ1n) is 4.98. The van der Waals surface area contributed by atoms with Crippen molar-refractivity contribution < 1.29 is 0 Å². The second-order valence-electron chi connectivity index (χ2n) is 3.31. The van der Waals surface area contributed by atoms with E-state index in [0.717, 1.165) is 9.21 Å². The third-order valence-electron chi connectivity index (χ3n) is 2.07. The Balaban J connectivity index is 2.05. The molecule has 2 heterocycles. The van der Waals surface area contributed by atoms with Gasteiger partial charge in [-0.15, -0.1) is 11.3 Å². The number of hydrogen-bond acceptors (Lipinski definition) is 6. The van der Waals surface area contributed by atoms with Crippen LogP contribution in [-0.2, 0) is 6.54 Å². The lowest BCUT2D eigenvalue weighted by Crippen LogP contribution is -2.05. The van der Waals surface area contributed by atoms with Crippen LogP contribution < -0.4 is 16.4 Å². The predicted octanol–water partition coefficient (Wildman–Crippen LogP) is 2.43. The van der Waals surface area contributed by atoms with E-state index >= 15 is 0 Å². The fourth-order valence-corrected chi connectivity index (χ4v) is 2.34. The van der Waals surface area contributed by atoms with Crippen LogP contribution >= 0.6 is 22.9 Å². The maximum absolute atomic E-state index is 5.85. The zero-order valence-electron chi connectivity index (χ0n) is 9.20. The molecule has 0 saturated carbocycles. The molecule has 0 atom stereocenters. The van der Waals surface area contributed by atoms with Gasteiger partial charge in [-0.25, -0.2) is 0 Å². The number of nitrogen functional groups attached to an aromatic ring is 1. The number of nitrogens with zero attached hydrogens (tertiary/aromatic N) is 2. The van der Waals surface area contributed by atoms with Gasteiger partial charge in [0.2, 0.25) is 5.95 Å². The van der Waals surface area contributed by atoms with E-state index in [1.807, 2.05) is 12.1 Å². The van der Waals surface area contributed by atoms with Crippen LogP contribution in [0.15, 0.2) is 18.2 Å². The van der Waals surface area contributed by atoms with E-state index in [4.69, 9.17) is 17.3 Å². The minimum Gasteiger partial charge on any atom is -0.373 e. The Morgan fingerprint density at radius 1 is 1.35 bits per heavy atom. The van der Waals surface area contributed by atoms with Crippen molar-refractivity contribution in [3.05, 3.63) is 27.4 Å². The molecule has 7 heteroatoms. The highest BCUT2D eigenvalue weighted by Crippen LogP contribution is 2.22. The van der Waals surface area contributed by atoms with Crippen molar-refractivity contribution in [2.75, 3.05) is 23.4 Å². The van der Waals surface area contributed by atoms with Gasteiger partial charge in [0.1, 0.15) is 11.6 Å². The molecule has 2 aromatic rings. The second-order valence-corrected chi connectivity index (χ2v) is 5.11. The molecule has 5 nitrogen and oxygen atoms in total. The molecule has 2 rings (SSSR count). The second kappa shape index (κ2) is 5.20. The minimum atomic E-state index is 0.239. The van der Waals surface area contributed by atoms with Crippen LogP contribution in [0.25, 0.3) is 0 Å². The Labute approximate surface area is 108 Å². The average molecular weight is 270 g/mol. The molecular weight excluding hydrogens is 258 g/mol. The zero-order valence-corrected chi connectivity index (χ0v) is 10.8. The summed E-state index contributed by atoms with van der Waals surface area (Å²) in [6.07, 6.45) is 0. The topological polar surface area (TPSA) is 75.9 Å². The molecule has 0 aliphatic rings. The maximum Gasteiger partial charge on any atom is 0.223 e. The van der Waals surface area contributed by atoms with Crippen molar-refractivity contribution in [2.45, 2.75) is 6.54 Å². The molecule has 0 radical (unpaired) electrons. The summed E-state index contributed by atoms with van der Waals surface area (Å²) in [5.41, 5.74) is 5.59. The number of halogens is 1. The highest BCUT2D eigenvalue weighted by molar-refractivity contribution is 7.16. The van der Waals surface area contributed by atoms with Crippen molar-refractivity contribution >= 4 is 40.5 Å². The lowest BCUT2D eigenvalue weighted by Gasteiger charge is -2.06. The van der Waals surface area contributed by atoms with Gasteiger partial charge in [-0.2, -0.15) is 9.97 Å². The van der Waals surface area contributed by atoms with Crippen molar-refractivity contribution in [3.8, 4) is 0 Å². The Morgan fingerprint density at radius 3 is 2.76 bits per heavy atom. The molecule has 4 N–H and O–H groups in total. The SMILES string of the molecule is CNc1cc(NCc2ccc(Cl)s2)nc(N)n1. The molecule has 0 spiro atoms. The van der Waals surface area contributed by atoms with Crippen LogP contribution in [-0.4, -0.2) is 17.0 Å². The summed E-state index contributed by atoms with van der Waals surface area (Å²) in [5, 5.41) is 6.09. The van der Waals surface area contributed by atoms with Gasteiger partial charge in [0, 0.05) is 18.0 Å². The zero-order chi connectivity index (χ0) is 12.3. The monoisotopic (exact) mass is 269 g/mol. The number of thiophene rings is 1. The lowest BCUT2D eigenvalue weighted by molar-refractivity contribution is 1.11. The fourth-order valence-electron chi connectivity index (χ4n) is 1.31. The highest BCUT2D eigenvalue weighted by atomic mass is 35.5. The van der Waals surface area contributed by atoms with E-state index in [9.17, 15) is 0 Å². The number of nitrogens with two attached hydrogens (primary N) is 1. The first-order chi connectivity index (χ1) is 8.17. The predicted molar refractivity (Wildman–Crippen MR) is 72.6 cm³/mol. The van der Waals surface area contributed by atoms with E-state index in [1.54, 1.807) is 13.1 Å². The number of anilines is 3. The molecule has 0 unspecified atom stereocenters. The number of hydrogen-bond donors (Lipinski definition) is 3. The van der Waals surface area contributed by atoms with Crippen LogP contribution in [0.4, 0.5) is 17.6 Å². The van der Waals surface area contributed by atoms with E-state index in [0.29, 0.717) is 18.2 Å². The molecule has 0 aliphatic carbocycles. The van der Waals surface area contributed by atoms with E-state index in [-0.39, 0.29) is 5.95 Å². The third kappa shape index (κ3) is 3.21. The first-order valence-corrected chi connectivity index (χ1v) is 6.17. The average Bonchev–Trinajstić information content (AvgIpc) is 2.72. The molecule has 90 valence electrons. The summed E-state index contributed by atoms with van der Waals surface area (Å²) in [7, 11) is 1.78. The molecule has 0 saturated heterocycles. The molecular formula is C10H12ClN5S. The van der Waals surface area contributed by atoms with E-state index < -0.39 is 0 Å². The van der Waals surface area contributed by atoms with Crippen LogP contribution in [0.2, 0.25) is 4.34 Å². The van der Waals surface area contributed by atoms with Gasteiger partial charge in [-0.05, 0) is 12.1 Å². The Bertz CT molecular complexity index is 513. The normalized spacial score (nSPS) is 10.2. The summed E-state index contributed by atoms with van der Waals surface area (Å²) in [6.45, 7) is 0.664. The Hall–Kier alpha value is -1.53. The van der Waals surface area contributed by atoms with Gasteiger partial charge >= 0.3 is 0 Å². The van der Waals surface area contributed by atoms with Crippen molar-refractivity contribution in [3.63, 3.8) is 0 Å². The summed E-state index contributed by atoms with van der Waals surface area (Å²) >= 11 is 7.38. The smallest absolute Gasteiger partial charge is 0.223 e. The van der Waals surface area contributed by atoms with Crippen molar-refractivity contribution in [2.24, 2.45) is 0 Å². The van der Waals surface area contributed by atoms with E-state index in [2.05, 4.69) is 20.6 Å². The molecule has 0 fully saturated rings. The Morgan fingerprint density at radius 2 is 2.12 bits per heavy atom. The number of rotatable bonds is 4. The molecule has 0 bridgehead atoms. The highest BCUT2D eigenvalue weighted by Gasteiger charge is 2.02. The van der Waals surface area contributed by atoms with Crippen LogP contribution in [0.5, 0.6) is 0 Å². The van der Waals surface area contributed by atoms with Crippen molar-refractivity contribution in [1.29, 1.82) is 0 Å². The maximum atomic E-state index is 5.85. The molecule has 17 heavy (non-hydrogen) atoms. The summed E-state index contributed by atoms with van der Waals surface area (Å²) in [6, 6.07) is 5.64. The van der Waals surface area contributed by atoms with Gasteiger partial charge in [0.15, 0.2) is 0 Å². The van der Waals surface area contributed by atoms with Gasteiger partial charge in [-0.1, -0.05) is 11.6 Å². The summed E-state index contributed by atoms with van der Waals surface area (Å²) in [4.78, 5) is 9.24. The minimum absolute atomic E-state index is 0.239. The van der Waals surface area contributed by atoms with E-state index in [1.165, 1.54) is 11.3 Å². The molecule has 0 aromatic carbocycles. The van der Waals surface area contributed by atoms with Gasteiger partial charge in [-0.3, -0.25) is 0 Å². The van der Waals surface area contributed by atoms with Gasteiger partial charge in [0.25, 0.3) is 0 Å². The van der Waals surface area contributed by atoms with Crippen molar-refractivity contribution in [1.82, 2.24) is 9.97 Å². The Kier molecular flexibility index (Phi) is 3.65. The van der Waals surface area contributed by atoms with Crippen LogP contribution in [0, 0.1) is 0 Å². The summed E-state index contributed by atoms with van der Waals surface area (Å²) in [5.74, 6) is 1.61. The third-order valence-corrected chi connectivity index (χ3v) is 3.30. The van der Waals surface area contributed by atoms with Crippen LogP contribution in [0.3, 0.4) is 0 Å².